The summed E-state index contributed by atoms with van der Waals surface area (Å²) >= 11 is 7.59. The zero-order chi connectivity index (χ0) is 13.4. The standard InChI is InChI=1S/C13H10ClFN2OS/c1-7-10(13-16-5-6-19-13)12(17-18-7)11-8(14)3-2-4-9(11)15/h2-7,10H,1H3. The van der Waals surface area contributed by atoms with Gasteiger partial charge in [-0.1, -0.05) is 22.8 Å². The van der Waals surface area contributed by atoms with Gasteiger partial charge >= 0.3 is 0 Å². The highest BCUT2D eigenvalue weighted by molar-refractivity contribution is 7.09. The highest BCUT2D eigenvalue weighted by Gasteiger charge is 2.37. The first-order chi connectivity index (χ1) is 9.18. The Morgan fingerprint density at radius 1 is 1.42 bits per heavy atom. The van der Waals surface area contributed by atoms with E-state index >= 15 is 0 Å². The first-order valence-electron chi connectivity index (χ1n) is 5.76. The van der Waals surface area contributed by atoms with Gasteiger partial charge in [0.25, 0.3) is 0 Å². The minimum atomic E-state index is -0.398. The molecule has 2 atom stereocenters. The van der Waals surface area contributed by atoms with Crippen molar-refractivity contribution in [1.82, 2.24) is 4.98 Å². The second-order valence-electron chi connectivity index (χ2n) is 4.23. The van der Waals surface area contributed by atoms with Crippen LogP contribution in [0.5, 0.6) is 0 Å². The van der Waals surface area contributed by atoms with Gasteiger partial charge in [-0.05, 0) is 19.1 Å². The van der Waals surface area contributed by atoms with Crippen LogP contribution in [0.25, 0.3) is 0 Å². The topological polar surface area (TPSA) is 34.5 Å². The van der Waals surface area contributed by atoms with Crippen LogP contribution in [-0.4, -0.2) is 16.8 Å². The molecule has 3 rings (SSSR count). The molecule has 0 saturated carbocycles. The molecule has 0 radical (unpaired) electrons. The highest BCUT2D eigenvalue weighted by atomic mass is 35.5. The molecule has 0 aliphatic carbocycles. The predicted molar refractivity (Wildman–Crippen MR) is 73.3 cm³/mol. The Balaban J connectivity index is 2.09. The SMILES string of the molecule is CC1ON=C(c2c(F)cccc2Cl)C1c1nccs1. The molecule has 0 bridgehead atoms. The van der Waals surface area contributed by atoms with E-state index in [0.29, 0.717) is 16.3 Å². The zero-order valence-electron chi connectivity index (χ0n) is 10.0. The number of hydrogen-bond donors (Lipinski definition) is 0. The third-order valence-corrected chi connectivity index (χ3v) is 4.19. The molecule has 0 N–H and O–H groups in total. The molecule has 2 aromatic rings. The summed E-state index contributed by atoms with van der Waals surface area (Å²) in [6.07, 6.45) is 1.53. The summed E-state index contributed by atoms with van der Waals surface area (Å²) in [4.78, 5) is 9.57. The van der Waals surface area contributed by atoms with Crippen molar-refractivity contribution in [2.45, 2.75) is 18.9 Å². The van der Waals surface area contributed by atoms with Crippen LogP contribution in [0, 0.1) is 5.82 Å². The number of aromatic nitrogens is 1. The fourth-order valence-electron chi connectivity index (χ4n) is 2.13. The van der Waals surface area contributed by atoms with Gasteiger partial charge in [0.05, 0.1) is 16.5 Å². The molecule has 3 nitrogen and oxygen atoms in total. The molecular weight excluding hydrogens is 287 g/mol. The van der Waals surface area contributed by atoms with Gasteiger partial charge in [-0.25, -0.2) is 9.37 Å². The lowest BCUT2D eigenvalue weighted by Crippen LogP contribution is -2.20. The van der Waals surface area contributed by atoms with Crippen LogP contribution in [0.3, 0.4) is 0 Å². The Morgan fingerprint density at radius 3 is 2.95 bits per heavy atom. The summed E-state index contributed by atoms with van der Waals surface area (Å²) in [5, 5.41) is 7.06. The van der Waals surface area contributed by atoms with Gasteiger partial charge in [0.15, 0.2) is 0 Å². The molecule has 6 heteroatoms. The van der Waals surface area contributed by atoms with Gasteiger partial charge in [0.1, 0.15) is 22.6 Å². The lowest BCUT2D eigenvalue weighted by atomic mass is 9.93. The van der Waals surface area contributed by atoms with E-state index in [9.17, 15) is 4.39 Å². The van der Waals surface area contributed by atoms with Gasteiger partial charge < -0.3 is 4.84 Å². The number of oxime groups is 1. The summed E-state index contributed by atoms with van der Waals surface area (Å²) in [5.74, 6) is -0.583. The Labute approximate surface area is 118 Å². The molecule has 98 valence electrons. The van der Waals surface area contributed by atoms with Gasteiger partial charge in [-0.3, -0.25) is 0 Å². The van der Waals surface area contributed by atoms with E-state index in [4.69, 9.17) is 16.4 Å². The molecule has 0 saturated heterocycles. The first kappa shape index (κ1) is 12.6. The van der Waals surface area contributed by atoms with Crippen molar-refractivity contribution in [3.05, 3.63) is 51.2 Å². The maximum atomic E-state index is 14.0. The number of hydrogen-bond acceptors (Lipinski definition) is 4. The highest BCUT2D eigenvalue weighted by Crippen LogP contribution is 2.36. The normalized spacial score (nSPS) is 22.2. The second kappa shape index (κ2) is 4.90. The summed E-state index contributed by atoms with van der Waals surface area (Å²) in [5.41, 5.74) is 0.805. The van der Waals surface area contributed by atoms with Crippen LogP contribution in [0.15, 0.2) is 34.9 Å². The van der Waals surface area contributed by atoms with Gasteiger partial charge in [0.2, 0.25) is 0 Å². The minimum absolute atomic E-state index is 0.183. The Kier molecular flexibility index (Phi) is 3.24. The van der Waals surface area contributed by atoms with Crippen molar-refractivity contribution in [2.24, 2.45) is 5.16 Å². The lowest BCUT2D eigenvalue weighted by Gasteiger charge is -2.13. The molecule has 0 amide bonds. The quantitative estimate of drug-likeness (QED) is 0.844. The summed E-state index contributed by atoms with van der Waals surface area (Å²) in [6, 6.07) is 4.58. The smallest absolute Gasteiger partial charge is 0.139 e. The Morgan fingerprint density at radius 2 is 2.26 bits per heavy atom. The Hall–Kier alpha value is -1.46. The van der Waals surface area contributed by atoms with Crippen LogP contribution in [0.2, 0.25) is 5.02 Å². The zero-order valence-corrected chi connectivity index (χ0v) is 11.6. The number of benzene rings is 1. The molecule has 1 aliphatic rings. The van der Waals surface area contributed by atoms with Crippen molar-refractivity contribution in [1.29, 1.82) is 0 Å². The molecule has 2 heterocycles. The molecule has 1 aromatic carbocycles. The van der Waals surface area contributed by atoms with E-state index in [-0.39, 0.29) is 12.0 Å². The van der Waals surface area contributed by atoms with Crippen molar-refractivity contribution < 1.29 is 9.23 Å². The first-order valence-corrected chi connectivity index (χ1v) is 7.01. The second-order valence-corrected chi connectivity index (χ2v) is 5.57. The van der Waals surface area contributed by atoms with Gasteiger partial charge in [-0.15, -0.1) is 11.3 Å². The third-order valence-electron chi connectivity index (χ3n) is 3.02. The van der Waals surface area contributed by atoms with E-state index in [1.807, 2.05) is 12.3 Å². The summed E-state index contributed by atoms with van der Waals surface area (Å²) in [6.45, 7) is 1.89. The molecule has 1 aliphatic heterocycles. The largest absolute Gasteiger partial charge is 0.391 e. The van der Waals surface area contributed by atoms with E-state index in [2.05, 4.69) is 10.1 Å². The van der Waals surface area contributed by atoms with Gasteiger partial charge in [-0.2, -0.15) is 0 Å². The van der Waals surface area contributed by atoms with Gasteiger partial charge in [0, 0.05) is 11.6 Å². The number of halogens is 2. The number of nitrogens with zero attached hydrogens (tertiary/aromatic N) is 2. The third kappa shape index (κ3) is 2.13. The monoisotopic (exact) mass is 296 g/mol. The van der Waals surface area contributed by atoms with Crippen LogP contribution in [-0.2, 0) is 4.84 Å². The van der Waals surface area contributed by atoms with E-state index in [1.165, 1.54) is 17.4 Å². The molecular formula is C13H10ClFN2OS. The molecule has 0 fully saturated rings. The van der Waals surface area contributed by atoms with Crippen LogP contribution in [0.4, 0.5) is 4.39 Å². The van der Waals surface area contributed by atoms with Crippen molar-refractivity contribution in [3.63, 3.8) is 0 Å². The maximum Gasteiger partial charge on any atom is 0.139 e. The van der Waals surface area contributed by atoms with Crippen LogP contribution >= 0.6 is 22.9 Å². The maximum absolute atomic E-state index is 14.0. The van der Waals surface area contributed by atoms with Crippen molar-refractivity contribution >= 4 is 28.6 Å². The number of rotatable bonds is 2. The fraction of sp³-hybridized carbons (Fsp3) is 0.231. The summed E-state index contributed by atoms with van der Waals surface area (Å²) in [7, 11) is 0. The van der Waals surface area contributed by atoms with E-state index in [1.54, 1.807) is 18.3 Å². The van der Waals surface area contributed by atoms with Crippen molar-refractivity contribution in [3.8, 4) is 0 Å². The predicted octanol–water partition coefficient (Wildman–Crippen LogP) is 3.84. The average Bonchev–Trinajstić information content (AvgIpc) is 2.99. The van der Waals surface area contributed by atoms with Crippen LogP contribution < -0.4 is 0 Å². The minimum Gasteiger partial charge on any atom is -0.391 e. The molecule has 19 heavy (non-hydrogen) atoms. The average molecular weight is 297 g/mol. The van der Waals surface area contributed by atoms with Crippen molar-refractivity contribution in [2.75, 3.05) is 0 Å². The summed E-state index contributed by atoms with van der Waals surface area (Å²) < 4.78 is 14.0. The fourth-order valence-corrected chi connectivity index (χ4v) is 3.22. The van der Waals surface area contributed by atoms with E-state index < -0.39 is 5.82 Å². The van der Waals surface area contributed by atoms with Crippen LogP contribution in [0.1, 0.15) is 23.4 Å². The molecule has 1 aromatic heterocycles. The molecule has 2 unspecified atom stereocenters. The Bertz CT molecular complexity index is 609. The molecule has 0 spiro atoms. The van der Waals surface area contributed by atoms with E-state index in [0.717, 1.165) is 5.01 Å². The lowest BCUT2D eigenvalue weighted by molar-refractivity contribution is 0.0904. The number of thiazole rings is 1.